The summed E-state index contributed by atoms with van der Waals surface area (Å²) in [7, 11) is 1.74. The van der Waals surface area contributed by atoms with Gasteiger partial charge in [-0.15, -0.1) is 0 Å². The Morgan fingerprint density at radius 1 is 0.730 bits per heavy atom. The van der Waals surface area contributed by atoms with Crippen LogP contribution in [0.15, 0.2) is 54.6 Å². The Labute approximate surface area is 224 Å². The van der Waals surface area contributed by atoms with Gasteiger partial charge in [0, 0.05) is 6.92 Å². The monoisotopic (exact) mass is 502 g/mol. The van der Waals surface area contributed by atoms with Crippen molar-refractivity contribution < 1.29 is 14.3 Å². The summed E-state index contributed by atoms with van der Waals surface area (Å²) in [5.41, 5.74) is 3.02. The summed E-state index contributed by atoms with van der Waals surface area (Å²) in [6.45, 7) is 11.8. The van der Waals surface area contributed by atoms with Gasteiger partial charge in [0.1, 0.15) is 5.75 Å². The molecule has 3 nitrogen and oxygen atoms in total. The Morgan fingerprint density at radius 2 is 1.30 bits per heavy atom. The quantitative estimate of drug-likeness (QED) is 0.389. The topological polar surface area (TPSA) is 35.5 Å². The molecule has 4 aliphatic rings. The summed E-state index contributed by atoms with van der Waals surface area (Å²) in [4.78, 5) is 10.7. The van der Waals surface area contributed by atoms with Gasteiger partial charge in [0.25, 0.3) is 0 Å². The van der Waals surface area contributed by atoms with E-state index in [9.17, 15) is 4.79 Å². The summed E-state index contributed by atoms with van der Waals surface area (Å²) in [5, 5.41) is 0. The van der Waals surface area contributed by atoms with Gasteiger partial charge in [0.2, 0.25) is 0 Å². The van der Waals surface area contributed by atoms with E-state index in [-0.39, 0.29) is 5.97 Å². The van der Waals surface area contributed by atoms with E-state index in [2.05, 4.69) is 82.3 Å². The Hall–Kier alpha value is -2.29. The van der Waals surface area contributed by atoms with Gasteiger partial charge < -0.3 is 9.47 Å². The van der Waals surface area contributed by atoms with Crippen LogP contribution in [0.5, 0.6) is 5.75 Å². The summed E-state index contributed by atoms with van der Waals surface area (Å²) in [5.74, 6) is 9.51. The van der Waals surface area contributed by atoms with E-state index in [0.29, 0.717) is 24.4 Å². The molecule has 0 radical (unpaired) electrons. The van der Waals surface area contributed by atoms with Crippen LogP contribution in [0.25, 0.3) is 0 Å². The first-order valence-corrected chi connectivity index (χ1v) is 14.6. The third-order valence-corrected chi connectivity index (χ3v) is 11.3. The van der Waals surface area contributed by atoms with Crippen LogP contribution < -0.4 is 4.74 Å². The molecule has 0 spiro atoms. The molecule has 0 heterocycles. The molecule has 0 saturated heterocycles. The molecule has 11 unspecified atom stereocenters. The summed E-state index contributed by atoms with van der Waals surface area (Å²) in [6.07, 6.45) is 4.04. The third-order valence-electron chi connectivity index (χ3n) is 11.3. The standard InChI is InChI=1S/C22H26O.C12H20O2/c1-14-15(2)20-13-19(14)21(16-7-5-4-6-8-16)22(20)17-9-11-18(23-3)12-10-17;1-7-8(2)12-5-10(7)4-11(12)6-14-9(3)13/h4-12,14-15,19-22H,13H2,1-3H3;7-8,10-12H,4-6H2,1-3H3. The zero-order valence-corrected chi connectivity index (χ0v) is 23.6. The Kier molecular flexibility index (Phi) is 7.70. The lowest BCUT2D eigenvalue weighted by Crippen LogP contribution is -2.29. The minimum atomic E-state index is -0.131. The number of ether oxygens (including phenoxy) is 2. The van der Waals surface area contributed by atoms with E-state index < -0.39 is 0 Å². The maximum absolute atomic E-state index is 10.7. The van der Waals surface area contributed by atoms with Crippen molar-refractivity contribution in [2.24, 2.45) is 53.3 Å². The molecule has 4 fully saturated rings. The molecule has 4 bridgehead atoms. The fourth-order valence-corrected chi connectivity index (χ4v) is 8.92. The number of esters is 1. The van der Waals surface area contributed by atoms with Crippen molar-refractivity contribution in [2.45, 2.75) is 65.7 Å². The number of carbonyl (C=O) groups excluding carboxylic acids is 1. The number of carbonyl (C=O) groups is 1. The van der Waals surface area contributed by atoms with Crippen LogP contribution in [0.3, 0.4) is 0 Å². The molecule has 0 amide bonds. The van der Waals surface area contributed by atoms with Crippen molar-refractivity contribution in [2.75, 3.05) is 13.7 Å². The molecule has 11 atom stereocenters. The fourth-order valence-electron chi connectivity index (χ4n) is 8.92. The second kappa shape index (κ2) is 10.8. The minimum Gasteiger partial charge on any atom is -0.497 e. The molecule has 0 aromatic heterocycles. The van der Waals surface area contributed by atoms with Gasteiger partial charge in [-0.05, 0) is 108 Å². The summed E-state index contributed by atoms with van der Waals surface area (Å²) >= 11 is 0. The lowest BCUT2D eigenvalue weighted by Gasteiger charge is -2.39. The molecule has 37 heavy (non-hydrogen) atoms. The molecule has 0 N–H and O–H groups in total. The van der Waals surface area contributed by atoms with Crippen LogP contribution in [0, 0.1) is 53.3 Å². The van der Waals surface area contributed by atoms with Gasteiger partial charge in [-0.25, -0.2) is 0 Å². The van der Waals surface area contributed by atoms with Crippen LogP contribution in [0.1, 0.15) is 76.8 Å². The van der Waals surface area contributed by atoms with Crippen LogP contribution in [0.2, 0.25) is 0 Å². The van der Waals surface area contributed by atoms with Gasteiger partial charge in [-0.1, -0.05) is 70.2 Å². The summed E-state index contributed by atoms with van der Waals surface area (Å²) < 4.78 is 10.5. The molecular formula is C34H46O3. The summed E-state index contributed by atoms with van der Waals surface area (Å²) in [6, 6.07) is 20.0. The largest absolute Gasteiger partial charge is 0.497 e. The predicted octanol–water partition coefficient (Wildman–Crippen LogP) is 7.96. The van der Waals surface area contributed by atoms with Gasteiger partial charge in [-0.2, -0.15) is 0 Å². The number of rotatable bonds is 5. The smallest absolute Gasteiger partial charge is 0.302 e. The average molecular weight is 503 g/mol. The Bertz CT molecular complexity index is 1040. The molecule has 4 aliphatic carbocycles. The van der Waals surface area contributed by atoms with Crippen molar-refractivity contribution >= 4 is 5.97 Å². The second-order valence-electron chi connectivity index (χ2n) is 12.7. The number of fused-ring (bicyclic) bond motifs is 4. The maximum Gasteiger partial charge on any atom is 0.302 e. The lowest BCUT2D eigenvalue weighted by atomic mass is 9.65. The number of benzene rings is 2. The Morgan fingerprint density at radius 3 is 1.81 bits per heavy atom. The van der Waals surface area contributed by atoms with E-state index in [4.69, 9.17) is 9.47 Å². The van der Waals surface area contributed by atoms with Gasteiger partial charge in [0.05, 0.1) is 13.7 Å². The first-order chi connectivity index (χ1) is 17.8. The second-order valence-corrected chi connectivity index (χ2v) is 12.7. The molecule has 6 rings (SSSR count). The van der Waals surface area contributed by atoms with E-state index in [1.54, 1.807) is 7.11 Å². The highest BCUT2D eigenvalue weighted by molar-refractivity contribution is 5.65. The number of hydrogen-bond acceptors (Lipinski definition) is 3. The Balaban J connectivity index is 0.000000171. The molecule has 200 valence electrons. The molecular weight excluding hydrogens is 456 g/mol. The molecule has 2 aromatic rings. The molecule has 0 aliphatic heterocycles. The highest BCUT2D eigenvalue weighted by Gasteiger charge is 2.55. The van der Waals surface area contributed by atoms with Crippen molar-refractivity contribution in [3.8, 4) is 5.75 Å². The fraction of sp³-hybridized carbons (Fsp3) is 0.618. The van der Waals surface area contributed by atoms with Crippen LogP contribution in [-0.4, -0.2) is 19.7 Å². The third kappa shape index (κ3) is 4.95. The van der Waals surface area contributed by atoms with Crippen molar-refractivity contribution in [3.05, 3.63) is 65.7 Å². The van der Waals surface area contributed by atoms with Crippen LogP contribution >= 0.6 is 0 Å². The van der Waals surface area contributed by atoms with Crippen molar-refractivity contribution in [1.29, 1.82) is 0 Å². The molecule has 3 heteroatoms. The van der Waals surface area contributed by atoms with Gasteiger partial charge >= 0.3 is 5.97 Å². The SMILES string of the molecule is CC(=O)OCC1CC2CC1C(C)C2C.COc1ccc(C2C3CC(C(C)C3C)C2c2ccccc2)cc1. The number of methoxy groups -OCH3 is 1. The predicted molar refractivity (Wildman–Crippen MR) is 150 cm³/mol. The molecule has 4 saturated carbocycles. The first kappa shape index (κ1) is 26.3. The van der Waals surface area contributed by atoms with Gasteiger partial charge in [0.15, 0.2) is 0 Å². The van der Waals surface area contributed by atoms with Crippen LogP contribution in [0.4, 0.5) is 0 Å². The highest BCUT2D eigenvalue weighted by Crippen LogP contribution is 2.65. The normalized spacial score (nSPS) is 39.2. The number of hydrogen-bond donors (Lipinski definition) is 0. The van der Waals surface area contributed by atoms with E-state index in [0.717, 1.165) is 53.1 Å². The maximum atomic E-state index is 10.7. The average Bonchev–Trinajstić information content (AvgIpc) is 3.65. The van der Waals surface area contributed by atoms with Crippen molar-refractivity contribution in [1.82, 2.24) is 0 Å². The van der Waals surface area contributed by atoms with E-state index >= 15 is 0 Å². The zero-order valence-electron chi connectivity index (χ0n) is 23.6. The van der Waals surface area contributed by atoms with Crippen molar-refractivity contribution in [3.63, 3.8) is 0 Å². The highest BCUT2D eigenvalue weighted by atomic mass is 16.5. The van der Waals surface area contributed by atoms with Crippen LogP contribution in [-0.2, 0) is 9.53 Å². The lowest BCUT2D eigenvalue weighted by molar-refractivity contribution is -0.143. The van der Waals surface area contributed by atoms with E-state index in [1.165, 1.54) is 37.3 Å². The molecule has 2 aromatic carbocycles. The van der Waals surface area contributed by atoms with E-state index in [1.807, 2.05) is 0 Å². The van der Waals surface area contributed by atoms with Gasteiger partial charge in [-0.3, -0.25) is 4.79 Å². The minimum absolute atomic E-state index is 0.131. The first-order valence-electron chi connectivity index (χ1n) is 14.6. The zero-order chi connectivity index (χ0) is 26.3.